The molecule has 0 aliphatic carbocycles. The number of hydrogen-bond acceptors (Lipinski definition) is 5. The number of alkyl halides is 3. The molecule has 35 heavy (non-hydrogen) atoms. The third-order valence-electron chi connectivity index (χ3n) is 6.56. The molecule has 2 saturated heterocycles. The number of likely N-dealkylation sites (tertiary alicyclic amines) is 1. The van der Waals surface area contributed by atoms with Crippen molar-refractivity contribution in [2.75, 3.05) is 39.3 Å². The Morgan fingerprint density at radius 3 is 2.20 bits per heavy atom. The number of carbonyl (C=O) groups excluding carboxylic acids is 2. The predicted molar refractivity (Wildman–Crippen MR) is 126 cm³/mol. The van der Waals surface area contributed by atoms with Crippen LogP contribution in [0.4, 0.5) is 13.2 Å². The summed E-state index contributed by atoms with van der Waals surface area (Å²) in [5.74, 6) is -0.166. The lowest BCUT2D eigenvalue weighted by atomic mass is 9.97. The molecule has 0 atom stereocenters. The molecule has 1 aromatic heterocycles. The van der Waals surface area contributed by atoms with Gasteiger partial charge in [0.05, 0.1) is 5.56 Å². The van der Waals surface area contributed by atoms with Crippen LogP contribution in [0.2, 0.25) is 0 Å². The second-order valence-corrected chi connectivity index (χ2v) is 9.54. The molecule has 10 heteroatoms. The van der Waals surface area contributed by atoms with Gasteiger partial charge in [0.25, 0.3) is 11.8 Å². The van der Waals surface area contributed by atoms with Crippen molar-refractivity contribution in [2.24, 2.45) is 0 Å². The van der Waals surface area contributed by atoms with E-state index in [1.165, 1.54) is 23.5 Å². The van der Waals surface area contributed by atoms with E-state index in [-0.39, 0.29) is 23.4 Å². The molecule has 0 spiro atoms. The highest BCUT2D eigenvalue weighted by Gasteiger charge is 2.37. The molecule has 0 unspecified atom stereocenters. The molecular weight excluding hydrogens is 477 g/mol. The van der Waals surface area contributed by atoms with Crippen LogP contribution in [0.5, 0.6) is 0 Å². The van der Waals surface area contributed by atoms with Gasteiger partial charge in [-0.25, -0.2) is 4.98 Å². The number of nitrogens with zero attached hydrogens (tertiary/aromatic N) is 4. The Kier molecular flexibility index (Phi) is 6.33. The van der Waals surface area contributed by atoms with Crippen molar-refractivity contribution < 1.29 is 22.8 Å². The van der Waals surface area contributed by atoms with E-state index < -0.39 is 11.7 Å². The molecule has 0 N–H and O–H groups in total. The first-order valence-electron chi connectivity index (χ1n) is 11.3. The fourth-order valence-electron chi connectivity index (χ4n) is 4.56. The number of piperazine rings is 1. The number of rotatable bonds is 4. The van der Waals surface area contributed by atoms with Gasteiger partial charge in [0, 0.05) is 62.5 Å². The Morgan fingerprint density at radius 1 is 0.886 bits per heavy atom. The summed E-state index contributed by atoms with van der Waals surface area (Å²) in [6.07, 6.45) is -2.82. The number of aromatic nitrogens is 1. The van der Waals surface area contributed by atoms with E-state index >= 15 is 0 Å². The minimum absolute atomic E-state index is 0.0358. The first-order chi connectivity index (χ1) is 16.8. The van der Waals surface area contributed by atoms with Gasteiger partial charge in [0.1, 0.15) is 0 Å². The quantitative estimate of drug-likeness (QED) is 0.541. The van der Waals surface area contributed by atoms with Crippen LogP contribution >= 0.6 is 11.3 Å². The van der Waals surface area contributed by atoms with E-state index in [1.807, 2.05) is 4.90 Å². The molecule has 2 amide bonds. The minimum atomic E-state index is -4.45. The van der Waals surface area contributed by atoms with Gasteiger partial charge in [-0.2, -0.15) is 13.2 Å². The molecule has 2 aliphatic rings. The fourth-order valence-corrected chi connectivity index (χ4v) is 5.17. The van der Waals surface area contributed by atoms with E-state index in [0.29, 0.717) is 42.3 Å². The van der Waals surface area contributed by atoms with Crippen LogP contribution in [0.15, 0.2) is 60.1 Å². The minimum Gasteiger partial charge on any atom is -0.335 e. The zero-order chi connectivity index (χ0) is 24.6. The molecule has 0 radical (unpaired) electrons. The SMILES string of the molecule is O=C(c1ccc(-c2ccccc2C(F)(F)F)cc1)N1CC(N2CCN(C(=O)c3nccs3)CC2)C1. The summed E-state index contributed by atoms with van der Waals surface area (Å²) in [6, 6.07) is 12.0. The molecule has 0 bridgehead atoms. The van der Waals surface area contributed by atoms with Crippen LogP contribution in [0, 0.1) is 0 Å². The van der Waals surface area contributed by atoms with E-state index in [2.05, 4.69) is 9.88 Å². The van der Waals surface area contributed by atoms with Crippen molar-refractivity contribution in [1.82, 2.24) is 19.7 Å². The maximum atomic E-state index is 13.3. The Labute approximate surface area is 204 Å². The molecule has 5 rings (SSSR count). The average molecular weight is 501 g/mol. The van der Waals surface area contributed by atoms with Crippen LogP contribution in [0.25, 0.3) is 11.1 Å². The summed E-state index contributed by atoms with van der Waals surface area (Å²) in [6.45, 7) is 3.94. The van der Waals surface area contributed by atoms with Gasteiger partial charge in [0.2, 0.25) is 0 Å². The molecule has 182 valence electrons. The lowest BCUT2D eigenvalue weighted by Gasteiger charge is -2.48. The van der Waals surface area contributed by atoms with Crippen LogP contribution < -0.4 is 0 Å². The standard InChI is InChI=1S/C25H23F3N4O2S/c26-25(27,28)21-4-2-1-3-20(21)17-5-7-18(8-6-17)23(33)32-15-19(16-32)30-10-12-31(13-11-30)24(34)22-29-9-14-35-22/h1-9,14,19H,10-13,15-16H2. The Hall–Kier alpha value is -3.24. The lowest BCUT2D eigenvalue weighted by molar-refractivity contribution is -0.137. The largest absolute Gasteiger partial charge is 0.417 e. The zero-order valence-electron chi connectivity index (χ0n) is 18.7. The van der Waals surface area contributed by atoms with E-state index in [0.717, 1.165) is 19.2 Å². The normalized spacial score (nSPS) is 17.3. The zero-order valence-corrected chi connectivity index (χ0v) is 19.6. The molecule has 2 aromatic carbocycles. The topological polar surface area (TPSA) is 56.8 Å². The second kappa shape index (κ2) is 9.43. The summed E-state index contributed by atoms with van der Waals surface area (Å²) in [4.78, 5) is 35.3. The van der Waals surface area contributed by atoms with Crippen LogP contribution in [-0.4, -0.2) is 76.8 Å². The van der Waals surface area contributed by atoms with E-state index in [4.69, 9.17) is 0 Å². The third-order valence-corrected chi connectivity index (χ3v) is 7.32. The number of amides is 2. The summed E-state index contributed by atoms with van der Waals surface area (Å²) in [5, 5.41) is 2.30. The van der Waals surface area contributed by atoms with Gasteiger partial charge in [0.15, 0.2) is 5.01 Å². The molecule has 0 saturated carbocycles. The van der Waals surface area contributed by atoms with Gasteiger partial charge < -0.3 is 9.80 Å². The number of hydrogen-bond donors (Lipinski definition) is 0. The second-order valence-electron chi connectivity index (χ2n) is 8.65. The van der Waals surface area contributed by atoms with Crippen LogP contribution in [0.3, 0.4) is 0 Å². The highest BCUT2D eigenvalue weighted by Crippen LogP contribution is 2.37. The van der Waals surface area contributed by atoms with Gasteiger partial charge in [-0.3, -0.25) is 14.5 Å². The van der Waals surface area contributed by atoms with E-state index in [1.54, 1.807) is 46.8 Å². The monoisotopic (exact) mass is 500 g/mol. The molecule has 3 heterocycles. The Bertz CT molecular complexity index is 1200. The van der Waals surface area contributed by atoms with Gasteiger partial charge in [-0.05, 0) is 29.3 Å². The molecule has 2 fully saturated rings. The van der Waals surface area contributed by atoms with E-state index in [9.17, 15) is 22.8 Å². The first-order valence-corrected chi connectivity index (χ1v) is 12.2. The maximum Gasteiger partial charge on any atom is 0.417 e. The highest BCUT2D eigenvalue weighted by atomic mass is 32.1. The van der Waals surface area contributed by atoms with Crippen molar-refractivity contribution >= 4 is 23.2 Å². The number of halogens is 3. The molecular formula is C25H23F3N4O2S. The van der Waals surface area contributed by atoms with Gasteiger partial charge in [-0.15, -0.1) is 11.3 Å². The highest BCUT2D eigenvalue weighted by molar-refractivity contribution is 7.11. The average Bonchev–Trinajstić information content (AvgIpc) is 3.38. The number of carbonyl (C=O) groups is 2. The van der Waals surface area contributed by atoms with Crippen molar-refractivity contribution in [3.63, 3.8) is 0 Å². The predicted octanol–water partition coefficient (Wildman–Crippen LogP) is 4.11. The fraction of sp³-hybridized carbons (Fsp3) is 0.320. The number of thiazole rings is 1. The van der Waals surface area contributed by atoms with Gasteiger partial charge >= 0.3 is 6.18 Å². The Balaban J connectivity index is 1.15. The van der Waals surface area contributed by atoms with Crippen LogP contribution in [-0.2, 0) is 6.18 Å². The van der Waals surface area contributed by atoms with Crippen molar-refractivity contribution in [1.29, 1.82) is 0 Å². The Morgan fingerprint density at radius 2 is 1.57 bits per heavy atom. The van der Waals surface area contributed by atoms with Crippen LogP contribution in [0.1, 0.15) is 25.7 Å². The summed E-state index contributed by atoms with van der Waals surface area (Å²) < 4.78 is 40.0. The summed E-state index contributed by atoms with van der Waals surface area (Å²) in [5.41, 5.74) is 0.269. The lowest BCUT2D eigenvalue weighted by Crippen LogP contribution is -2.64. The summed E-state index contributed by atoms with van der Waals surface area (Å²) in [7, 11) is 0. The van der Waals surface area contributed by atoms with Crippen molar-refractivity contribution in [3.05, 3.63) is 76.2 Å². The van der Waals surface area contributed by atoms with Crippen molar-refractivity contribution in [2.45, 2.75) is 12.2 Å². The first kappa shape index (κ1) is 23.5. The molecule has 3 aromatic rings. The smallest absolute Gasteiger partial charge is 0.335 e. The number of benzene rings is 2. The summed E-state index contributed by atoms with van der Waals surface area (Å²) >= 11 is 1.34. The van der Waals surface area contributed by atoms with Gasteiger partial charge in [-0.1, -0.05) is 30.3 Å². The molecule has 6 nitrogen and oxygen atoms in total. The molecule has 2 aliphatic heterocycles. The third kappa shape index (κ3) is 4.81. The van der Waals surface area contributed by atoms with Crippen molar-refractivity contribution in [3.8, 4) is 11.1 Å². The maximum absolute atomic E-state index is 13.3.